The third-order valence-electron chi connectivity index (χ3n) is 4.83. The molecule has 1 saturated heterocycles. The molecule has 154 valence electrons. The van der Waals surface area contributed by atoms with E-state index in [1.165, 1.54) is 16.7 Å². The zero-order chi connectivity index (χ0) is 21.0. The molecule has 1 aliphatic rings. The van der Waals surface area contributed by atoms with Crippen LogP contribution >= 0.6 is 0 Å². The number of benzene rings is 1. The second-order valence-corrected chi connectivity index (χ2v) is 7.18. The molecular formula is C21H24FN3O4. The van der Waals surface area contributed by atoms with Crippen LogP contribution in [0.5, 0.6) is 0 Å². The van der Waals surface area contributed by atoms with Gasteiger partial charge in [0.25, 0.3) is 11.5 Å². The van der Waals surface area contributed by atoms with Gasteiger partial charge in [-0.3, -0.25) is 14.4 Å². The molecule has 2 N–H and O–H groups in total. The highest BCUT2D eigenvalue weighted by atomic mass is 19.1. The monoisotopic (exact) mass is 401 g/mol. The van der Waals surface area contributed by atoms with Crippen LogP contribution in [0.1, 0.15) is 34.3 Å². The number of pyridine rings is 1. The van der Waals surface area contributed by atoms with Crippen molar-refractivity contribution in [2.45, 2.75) is 39.3 Å². The van der Waals surface area contributed by atoms with E-state index in [2.05, 4.69) is 10.6 Å². The molecule has 1 aliphatic heterocycles. The van der Waals surface area contributed by atoms with E-state index in [4.69, 9.17) is 4.74 Å². The first-order chi connectivity index (χ1) is 13.8. The number of carbonyl (C=O) groups excluding carboxylic acids is 2. The average molecular weight is 401 g/mol. The molecule has 1 unspecified atom stereocenters. The van der Waals surface area contributed by atoms with Crippen LogP contribution in [0.4, 0.5) is 10.1 Å². The molecule has 0 saturated carbocycles. The third kappa shape index (κ3) is 5.08. The average Bonchev–Trinajstić information content (AvgIpc) is 3.18. The largest absolute Gasteiger partial charge is 0.376 e. The van der Waals surface area contributed by atoms with Crippen LogP contribution in [-0.2, 0) is 16.1 Å². The van der Waals surface area contributed by atoms with Gasteiger partial charge in [-0.1, -0.05) is 6.07 Å². The quantitative estimate of drug-likeness (QED) is 0.776. The Kier molecular flexibility index (Phi) is 6.43. The molecule has 29 heavy (non-hydrogen) atoms. The number of anilines is 1. The van der Waals surface area contributed by atoms with E-state index in [1.807, 2.05) is 0 Å². The first-order valence-corrected chi connectivity index (χ1v) is 9.51. The van der Waals surface area contributed by atoms with E-state index in [-0.39, 0.29) is 23.9 Å². The summed E-state index contributed by atoms with van der Waals surface area (Å²) >= 11 is 0. The number of rotatable bonds is 6. The van der Waals surface area contributed by atoms with Gasteiger partial charge in [0, 0.05) is 12.8 Å². The third-order valence-corrected chi connectivity index (χ3v) is 4.83. The molecule has 1 fully saturated rings. The van der Waals surface area contributed by atoms with Crippen molar-refractivity contribution in [2.24, 2.45) is 0 Å². The molecule has 8 heteroatoms. The minimum Gasteiger partial charge on any atom is -0.376 e. The van der Waals surface area contributed by atoms with Crippen LogP contribution in [0, 0.1) is 19.7 Å². The highest BCUT2D eigenvalue weighted by molar-refractivity contribution is 5.99. The Morgan fingerprint density at radius 3 is 2.76 bits per heavy atom. The van der Waals surface area contributed by atoms with Crippen molar-refractivity contribution < 1.29 is 18.7 Å². The van der Waals surface area contributed by atoms with Crippen LogP contribution in [0.2, 0.25) is 0 Å². The van der Waals surface area contributed by atoms with Crippen molar-refractivity contribution in [3.05, 3.63) is 63.3 Å². The molecule has 0 radical (unpaired) electrons. The molecule has 0 spiro atoms. The van der Waals surface area contributed by atoms with E-state index in [9.17, 15) is 18.8 Å². The molecule has 2 amide bonds. The van der Waals surface area contributed by atoms with Gasteiger partial charge in [-0.05, 0) is 56.0 Å². The summed E-state index contributed by atoms with van der Waals surface area (Å²) in [6.45, 7) is 4.07. The van der Waals surface area contributed by atoms with Gasteiger partial charge in [0.1, 0.15) is 11.4 Å². The maximum Gasteiger partial charge on any atom is 0.263 e. The first-order valence-electron chi connectivity index (χ1n) is 9.51. The second kappa shape index (κ2) is 9.00. The second-order valence-electron chi connectivity index (χ2n) is 7.18. The first kappa shape index (κ1) is 20.7. The van der Waals surface area contributed by atoms with Crippen molar-refractivity contribution in [3.8, 4) is 0 Å². The Hall–Kier alpha value is -3.00. The highest BCUT2D eigenvalue weighted by Gasteiger charge is 2.20. The predicted molar refractivity (Wildman–Crippen MR) is 107 cm³/mol. The van der Waals surface area contributed by atoms with E-state index >= 15 is 0 Å². The Morgan fingerprint density at radius 2 is 2.07 bits per heavy atom. The molecule has 1 aromatic carbocycles. The summed E-state index contributed by atoms with van der Waals surface area (Å²) in [6.07, 6.45) is 3.43. The molecule has 2 heterocycles. The molecule has 3 rings (SSSR count). The van der Waals surface area contributed by atoms with E-state index in [1.54, 1.807) is 32.2 Å². The number of nitrogens with one attached hydrogen (secondary N) is 2. The molecule has 0 bridgehead atoms. The van der Waals surface area contributed by atoms with Crippen LogP contribution in [0.15, 0.2) is 35.3 Å². The highest BCUT2D eigenvalue weighted by Crippen LogP contribution is 2.15. The summed E-state index contributed by atoms with van der Waals surface area (Å²) in [5.41, 5.74) is 0.834. The van der Waals surface area contributed by atoms with Crippen molar-refractivity contribution in [3.63, 3.8) is 0 Å². The van der Waals surface area contributed by atoms with Crippen molar-refractivity contribution >= 4 is 17.5 Å². The lowest BCUT2D eigenvalue weighted by Crippen LogP contribution is -2.38. The fraction of sp³-hybridized carbons (Fsp3) is 0.381. The maximum atomic E-state index is 13.8. The minimum absolute atomic E-state index is 0.0141. The number of amides is 2. The standard InChI is InChI=1S/C21H24FN3O4/c1-13-5-6-17(16(22)10-13)24-18(26)11-23-20(27)19-14(2)7-8-25(21(19)28)12-15-4-3-9-29-15/h5-8,10,15H,3-4,9,11-12H2,1-2H3,(H,23,27)(H,24,26). The molecular weight excluding hydrogens is 377 g/mol. The number of aryl methyl sites for hydroxylation is 2. The van der Waals surface area contributed by atoms with Gasteiger partial charge < -0.3 is 19.9 Å². The van der Waals surface area contributed by atoms with E-state index in [0.717, 1.165) is 18.4 Å². The van der Waals surface area contributed by atoms with E-state index < -0.39 is 23.2 Å². The maximum absolute atomic E-state index is 13.8. The Morgan fingerprint density at radius 1 is 1.28 bits per heavy atom. The fourth-order valence-electron chi connectivity index (χ4n) is 3.26. The Balaban J connectivity index is 1.65. The summed E-state index contributed by atoms with van der Waals surface area (Å²) in [5.74, 6) is -1.79. The number of aromatic nitrogens is 1. The van der Waals surface area contributed by atoms with Gasteiger partial charge in [0.2, 0.25) is 5.91 Å². The van der Waals surface area contributed by atoms with Crippen molar-refractivity contribution in [1.29, 1.82) is 0 Å². The summed E-state index contributed by atoms with van der Waals surface area (Å²) in [6, 6.07) is 6.11. The number of carbonyl (C=O) groups is 2. The van der Waals surface area contributed by atoms with Crippen molar-refractivity contribution in [2.75, 3.05) is 18.5 Å². The van der Waals surface area contributed by atoms with Crippen LogP contribution in [0.25, 0.3) is 0 Å². The molecule has 2 aromatic rings. The Labute approximate surface area is 167 Å². The topological polar surface area (TPSA) is 89.4 Å². The van der Waals surface area contributed by atoms with Gasteiger partial charge in [-0.15, -0.1) is 0 Å². The van der Waals surface area contributed by atoms with E-state index in [0.29, 0.717) is 18.7 Å². The zero-order valence-corrected chi connectivity index (χ0v) is 16.5. The number of hydrogen-bond donors (Lipinski definition) is 2. The molecule has 1 atom stereocenters. The number of ether oxygens (including phenoxy) is 1. The van der Waals surface area contributed by atoms with Gasteiger partial charge in [-0.2, -0.15) is 0 Å². The zero-order valence-electron chi connectivity index (χ0n) is 16.5. The van der Waals surface area contributed by atoms with Gasteiger partial charge in [0.05, 0.1) is 24.9 Å². The summed E-state index contributed by atoms with van der Waals surface area (Å²) in [5, 5.41) is 4.84. The normalized spacial score (nSPS) is 15.9. The lowest BCUT2D eigenvalue weighted by Gasteiger charge is -2.14. The lowest BCUT2D eigenvalue weighted by atomic mass is 10.1. The smallest absolute Gasteiger partial charge is 0.263 e. The van der Waals surface area contributed by atoms with Gasteiger partial charge in [-0.25, -0.2) is 4.39 Å². The van der Waals surface area contributed by atoms with Crippen LogP contribution < -0.4 is 16.2 Å². The molecule has 1 aromatic heterocycles. The summed E-state index contributed by atoms with van der Waals surface area (Å²) < 4.78 is 20.8. The predicted octanol–water partition coefficient (Wildman–Crippen LogP) is 2.15. The van der Waals surface area contributed by atoms with Crippen molar-refractivity contribution in [1.82, 2.24) is 9.88 Å². The fourth-order valence-corrected chi connectivity index (χ4v) is 3.26. The number of hydrogen-bond acceptors (Lipinski definition) is 4. The number of nitrogens with zero attached hydrogens (tertiary/aromatic N) is 1. The van der Waals surface area contributed by atoms with Gasteiger partial charge in [0.15, 0.2) is 0 Å². The SMILES string of the molecule is Cc1ccc(NC(=O)CNC(=O)c2c(C)ccn(CC3CCCO3)c2=O)c(F)c1. The molecule has 7 nitrogen and oxygen atoms in total. The number of halogens is 1. The summed E-state index contributed by atoms with van der Waals surface area (Å²) in [7, 11) is 0. The van der Waals surface area contributed by atoms with Gasteiger partial charge >= 0.3 is 0 Å². The van der Waals surface area contributed by atoms with Crippen LogP contribution in [-0.4, -0.2) is 35.6 Å². The Bertz CT molecular complexity index is 980. The summed E-state index contributed by atoms with van der Waals surface area (Å²) in [4.78, 5) is 37.3. The van der Waals surface area contributed by atoms with Crippen LogP contribution in [0.3, 0.4) is 0 Å². The molecule has 0 aliphatic carbocycles. The minimum atomic E-state index is -0.645. The lowest BCUT2D eigenvalue weighted by molar-refractivity contribution is -0.115.